The van der Waals surface area contributed by atoms with Gasteiger partial charge in [-0.3, -0.25) is 4.79 Å². The van der Waals surface area contributed by atoms with Crippen molar-refractivity contribution in [3.05, 3.63) is 0 Å². The second-order valence-corrected chi connectivity index (χ2v) is 8.43. The summed E-state index contributed by atoms with van der Waals surface area (Å²) in [7, 11) is 0. The van der Waals surface area contributed by atoms with Crippen molar-refractivity contribution in [2.24, 2.45) is 35.0 Å². The molecule has 4 fully saturated rings. The van der Waals surface area contributed by atoms with Crippen LogP contribution in [0.25, 0.3) is 0 Å². The van der Waals surface area contributed by atoms with Crippen molar-refractivity contribution in [3.8, 4) is 0 Å². The van der Waals surface area contributed by atoms with Gasteiger partial charge in [0.15, 0.2) is 0 Å². The Bertz CT molecular complexity index is 418. The summed E-state index contributed by atoms with van der Waals surface area (Å²) in [4.78, 5) is 11.9. The molecule has 0 aliphatic heterocycles. The maximum Gasteiger partial charge on any atom is 0.133 e. The van der Waals surface area contributed by atoms with Crippen LogP contribution >= 0.6 is 0 Å². The number of rotatable bonds is 0. The lowest BCUT2D eigenvalue weighted by molar-refractivity contribution is -0.118. The van der Waals surface area contributed by atoms with Crippen LogP contribution in [0, 0.1) is 35.0 Å². The number of carbonyl (C=O) groups is 1. The Hall–Kier alpha value is -0.370. The topological polar surface area (TPSA) is 37.3 Å². The van der Waals surface area contributed by atoms with E-state index < -0.39 is 0 Å². The third-order valence-corrected chi connectivity index (χ3v) is 7.67. The normalized spacial score (nSPS) is 55.0. The molecule has 2 heteroatoms. The number of hydrogen-bond acceptors (Lipinski definition) is 2. The van der Waals surface area contributed by atoms with Crippen molar-refractivity contribution in [2.45, 2.75) is 70.8 Å². The van der Waals surface area contributed by atoms with E-state index in [-0.39, 0.29) is 6.10 Å². The number of carbonyl (C=O) groups excluding carboxylic acids is 1. The average molecular weight is 276 g/mol. The molecule has 2 nitrogen and oxygen atoms in total. The standard InChI is InChI=1S/C18H28O2/c1-18-7-6-13(19)9-12(18)3-4-15-16-10-14(20)8-11(16)2-5-17(15)18/h11-13,15-17,19H,2-10H2,1H3/t11-,12?,13?,15+,16?,17+,18+/m0/s1. The van der Waals surface area contributed by atoms with Crippen molar-refractivity contribution in [2.75, 3.05) is 0 Å². The molecular formula is C18H28O2. The molecule has 0 saturated heterocycles. The molecule has 0 aromatic rings. The summed E-state index contributed by atoms with van der Waals surface area (Å²) in [5.74, 6) is 4.36. The van der Waals surface area contributed by atoms with Crippen molar-refractivity contribution in [3.63, 3.8) is 0 Å². The number of Topliss-reactive ketones (excluding diaryl/α,β-unsaturated/α-hetero) is 1. The monoisotopic (exact) mass is 276 g/mol. The van der Waals surface area contributed by atoms with Gasteiger partial charge in [0, 0.05) is 12.8 Å². The number of aliphatic hydroxyl groups excluding tert-OH is 1. The van der Waals surface area contributed by atoms with Crippen LogP contribution in [-0.4, -0.2) is 17.0 Å². The Balaban J connectivity index is 1.60. The molecule has 0 aromatic heterocycles. The molecule has 112 valence electrons. The maximum atomic E-state index is 11.9. The molecule has 0 radical (unpaired) electrons. The zero-order chi connectivity index (χ0) is 13.9. The molecule has 1 N–H and O–H groups in total. The van der Waals surface area contributed by atoms with Crippen LogP contribution in [-0.2, 0) is 4.79 Å². The second kappa shape index (κ2) is 4.56. The highest BCUT2D eigenvalue weighted by atomic mass is 16.3. The zero-order valence-electron chi connectivity index (χ0n) is 12.7. The predicted octanol–water partition coefficient (Wildman–Crippen LogP) is 3.57. The summed E-state index contributed by atoms with van der Waals surface area (Å²) in [5.41, 5.74) is 0.457. The Labute approximate surface area is 122 Å². The molecule has 4 aliphatic carbocycles. The van der Waals surface area contributed by atoms with Gasteiger partial charge in [0.05, 0.1) is 6.10 Å². The lowest BCUT2D eigenvalue weighted by Crippen LogP contribution is -2.51. The minimum atomic E-state index is -0.0472. The van der Waals surface area contributed by atoms with Crippen molar-refractivity contribution in [1.82, 2.24) is 0 Å². The van der Waals surface area contributed by atoms with Crippen molar-refractivity contribution >= 4 is 5.78 Å². The van der Waals surface area contributed by atoms with Crippen LogP contribution in [0.4, 0.5) is 0 Å². The Morgan fingerprint density at radius 2 is 1.90 bits per heavy atom. The first-order valence-electron chi connectivity index (χ1n) is 8.77. The van der Waals surface area contributed by atoms with E-state index in [2.05, 4.69) is 6.92 Å². The third kappa shape index (κ3) is 1.83. The highest BCUT2D eigenvalue weighted by Crippen LogP contribution is 2.62. The number of hydrogen-bond donors (Lipinski definition) is 1. The summed E-state index contributed by atoms with van der Waals surface area (Å²) in [6.45, 7) is 2.51. The fourth-order valence-electron chi connectivity index (χ4n) is 6.64. The predicted molar refractivity (Wildman–Crippen MR) is 78.1 cm³/mol. The van der Waals surface area contributed by atoms with Crippen LogP contribution in [0.2, 0.25) is 0 Å². The van der Waals surface area contributed by atoms with E-state index in [1.54, 1.807) is 0 Å². The summed E-state index contributed by atoms with van der Waals surface area (Å²) in [5, 5.41) is 10.00. The summed E-state index contributed by atoms with van der Waals surface area (Å²) >= 11 is 0. The van der Waals surface area contributed by atoms with Gasteiger partial charge in [-0.25, -0.2) is 0 Å². The molecule has 7 atom stereocenters. The molecule has 0 aromatic carbocycles. The molecule has 0 heterocycles. The number of ketones is 1. The van der Waals surface area contributed by atoms with Crippen LogP contribution in [0.1, 0.15) is 64.7 Å². The first-order chi connectivity index (χ1) is 9.58. The molecule has 4 rings (SSSR count). The largest absolute Gasteiger partial charge is 0.393 e. The molecule has 0 amide bonds. The minimum absolute atomic E-state index is 0.0472. The highest BCUT2D eigenvalue weighted by Gasteiger charge is 2.55. The molecule has 3 unspecified atom stereocenters. The maximum absolute atomic E-state index is 11.9. The van der Waals surface area contributed by atoms with E-state index in [9.17, 15) is 9.90 Å². The lowest BCUT2D eigenvalue weighted by Gasteiger charge is -2.58. The van der Waals surface area contributed by atoms with Crippen LogP contribution in [0.15, 0.2) is 0 Å². The summed E-state index contributed by atoms with van der Waals surface area (Å²) in [6, 6.07) is 0. The van der Waals surface area contributed by atoms with E-state index in [1.807, 2.05) is 0 Å². The Morgan fingerprint density at radius 3 is 2.75 bits per heavy atom. The van der Waals surface area contributed by atoms with Crippen LogP contribution < -0.4 is 0 Å². The van der Waals surface area contributed by atoms with Crippen LogP contribution in [0.3, 0.4) is 0 Å². The van der Waals surface area contributed by atoms with Gasteiger partial charge in [0.1, 0.15) is 5.78 Å². The number of aliphatic hydroxyl groups is 1. The summed E-state index contributed by atoms with van der Waals surface area (Å²) < 4.78 is 0. The second-order valence-electron chi connectivity index (χ2n) is 8.43. The quantitative estimate of drug-likeness (QED) is 0.734. The Morgan fingerprint density at radius 1 is 1.05 bits per heavy atom. The smallest absolute Gasteiger partial charge is 0.133 e. The first-order valence-corrected chi connectivity index (χ1v) is 8.77. The fraction of sp³-hybridized carbons (Fsp3) is 0.944. The van der Waals surface area contributed by atoms with Gasteiger partial charge in [-0.05, 0) is 80.0 Å². The van der Waals surface area contributed by atoms with E-state index in [0.29, 0.717) is 17.1 Å². The van der Waals surface area contributed by atoms with Gasteiger partial charge in [-0.2, -0.15) is 0 Å². The summed E-state index contributed by atoms with van der Waals surface area (Å²) in [6.07, 6.45) is 10.2. The van der Waals surface area contributed by atoms with Crippen LogP contribution in [0.5, 0.6) is 0 Å². The molecule has 0 bridgehead atoms. The SMILES string of the molecule is C[C@@]12CCC(O)CC1CC[C@@H]1C3CC(=O)C[C@@H]3CC[C@H]12. The van der Waals surface area contributed by atoms with Gasteiger partial charge in [0.2, 0.25) is 0 Å². The van der Waals surface area contributed by atoms with Gasteiger partial charge in [-0.15, -0.1) is 0 Å². The van der Waals surface area contributed by atoms with E-state index in [0.717, 1.165) is 49.4 Å². The van der Waals surface area contributed by atoms with Crippen molar-refractivity contribution < 1.29 is 9.90 Å². The molecule has 4 aliphatic rings. The van der Waals surface area contributed by atoms with Gasteiger partial charge in [-0.1, -0.05) is 6.92 Å². The van der Waals surface area contributed by atoms with E-state index in [1.165, 1.54) is 32.1 Å². The average Bonchev–Trinajstić information content (AvgIpc) is 2.80. The van der Waals surface area contributed by atoms with Crippen molar-refractivity contribution in [1.29, 1.82) is 0 Å². The number of fused-ring (bicyclic) bond motifs is 5. The molecule has 4 saturated carbocycles. The highest BCUT2D eigenvalue weighted by molar-refractivity contribution is 5.81. The van der Waals surface area contributed by atoms with Gasteiger partial charge < -0.3 is 5.11 Å². The molecule has 0 spiro atoms. The van der Waals surface area contributed by atoms with Gasteiger partial charge in [0.25, 0.3) is 0 Å². The zero-order valence-corrected chi connectivity index (χ0v) is 12.7. The third-order valence-electron chi connectivity index (χ3n) is 7.67. The lowest BCUT2D eigenvalue weighted by atomic mass is 9.47. The molecular weight excluding hydrogens is 248 g/mol. The fourth-order valence-corrected chi connectivity index (χ4v) is 6.64. The van der Waals surface area contributed by atoms with E-state index >= 15 is 0 Å². The minimum Gasteiger partial charge on any atom is -0.393 e. The molecule has 20 heavy (non-hydrogen) atoms. The Kier molecular flexibility index (Phi) is 3.03. The van der Waals surface area contributed by atoms with E-state index in [4.69, 9.17) is 0 Å². The van der Waals surface area contributed by atoms with Gasteiger partial charge >= 0.3 is 0 Å². The first kappa shape index (κ1) is 13.3.